The molecule has 0 aliphatic carbocycles. The number of benzene rings is 1. The van der Waals surface area contributed by atoms with Crippen molar-refractivity contribution in [2.75, 3.05) is 11.9 Å². The normalized spacial score (nSPS) is 10.7. The van der Waals surface area contributed by atoms with E-state index in [1.165, 1.54) is 12.1 Å². The highest BCUT2D eigenvalue weighted by Gasteiger charge is 2.10. The van der Waals surface area contributed by atoms with Crippen molar-refractivity contribution in [1.82, 2.24) is 9.55 Å². The molecule has 0 saturated carbocycles. The molecule has 2 rings (SSSR count). The first kappa shape index (κ1) is 13.0. The molecule has 0 atom stereocenters. The maximum absolute atomic E-state index is 13.5. The van der Waals surface area contributed by atoms with Crippen molar-refractivity contribution < 1.29 is 8.78 Å². The van der Waals surface area contributed by atoms with Crippen molar-refractivity contribution in [2.24, 2.45) is 7.05 Å². The van der Waals surface area contributed by atoms with Crippen molar-refractivity contribution >= 4 is 21.6 Å². The fraction of sp³-hybridized carbons (Fsp3) is 0.250. The predicted octanol–water partition coefficient (Wildman–Crippen LogP) is 3.12. The third-order valence-corrected chi connectivity index (χ3v) is 3.04. The summed E-state index contributed by atoms with van der Waals surface area (Å²) >= 11 is 3.04. The van der Waals surface area contributed by atoms with Gasteiger partial charge in [-0.1, -0.05) is 15.9 Å². The largest absolute Gasteiger partial charge is 0.380 e. The minimum absolute atomic E-state index is 0.104. The molecule has 0 aliphatic heterocycles. The fourth-order valence-corrected chi connectivity index (χ4v) is 2.05. The first-order valence-electron chi connectivity index (χ1n) is 5.42. The van der Waals surface area contributed by atoms with Crippen LogP contribution in [-0.4, -0.2) is 16.1 Å². The first-order chi connectivity index (χ1) is 8.58. The van der Waals surface area contributed by atoms with E-state index in [1.54, 1.807) is 6.20 Å². The minimum atomic E-state index is -0.610. The molecule has 18 heavy (non-hydrogen) atoms. The average molecular weight is 316 g/mol. The fourth-order valence-electron chi connectivity index (χ4n) is 1.65. The molecule has 1 N–H and O–H groups in total. The quantitative estimate of drug-likeness (QED) is 0.939. The number of hydrogen-bond acceptors (Lipinski definition) is 2. The van der Waals surface area contributed by atoms with Crippen LogP contribution in [-0.2, 0) is 13.5 Å². The molecular formula is C12H12BrF2N3. The van der Waals surface area contributed by atoms with Crippen LogP contribution in [0.2, 0.25) is 0 Å². The van der Waals surface area contributed by atoms with Crippen LogP contribution in [0, 0.1) is 11.6 Å². The molecule has 3 nitrogen and oxygen atoms in total. The second-order valence-corrected chi connectivity index (χ2v) is 4.79. The summed E-state index contributed by atoms with van der Waals surface area (Å²) in [5.41, 5.74) is -0.104. The van der Waals surface area contributed by atoms with E-state index in [-0.39, 0.29) is 5.69 Å². The minimum Gasteiger partial charge on any atom is -0.380 e. The highest BCUT2D eigenvalue weighted by atomic mass is 79.9. The molecular weight excluding hydrogens is 304 g/mol. The molecule has 0 aliphatic rings. The van der Waals surface area contributed by atoms with Crippen molar-refractivity contribution in [3.63, 3.8) is 0 Å². The molecule has 2 aromatic rings. The smallest absolute Gasteiger partial charge is 0.150 e. The molecule has 1 aromatic heterocycles. The summed E-state index contributed by atoms with van der Waals surface area (Å²) in [5, 5.41) is 2.75. The molecule has 0 radical (unpaired) electrons. The lowest BCUT2D eigenvalue weighted by atomic mass is 10.2. The van der Waals surface area contributed by atoms with Gasteiger partial charge in [0.25, 0.3) is 0 Å². The molecule has 1 aromatic carbocycles. The standard InChI is InChI=1S/C12H12BrF2N3/c1-18-5-4-16-11(18)2-3-17-12-9(14)6-8(13)7-10(12)15/h4-7,17H,2-3H2,1H3. The van der Waals surface area contributed by atoms with Gasteiger partial charge >= 0.3 is 0 Å². The Bertz CT molecular complexity index is 531. The Hall–Kier alpha value is -1.43. The zero-order chi connectivity index (χ0) is 13.1. The van der Waals surface area contributed by atoms with Gasteiger partial charge < -0.3 is 9.88 Å². The van der Waals surface area contributed by atoms with Gasteiger partial charge in [0.2, 0.25) is 0 Å². The first-order valence-corrected chi connectivity index (χ1v) is 6.22. The Morgan fingerprint density at radius 2 is 2.00 bits per heavy atom. The van der Waals surface area contributed by atoms with E-state index in [4.69, 9.17) is 0 Å². The number of halogens is 3. The van der Waals surface area contributed by atoms with E-state index in [1.807, 2.05) is 17.8 Å². The SMILES string of the molecule is Cn1ccnc1CCNc1c(F)cc(Br)cc1F. The summed E-state index contributed by atoms with van der Waals surface area (Å²) in [5.74, 6) is -0.358. The van der Waals surface area contributed by atoms with Gasteiger partial charge in [0, 0.05) is 36.9 Å². The maximum Gasteiger partial charge on any atom is 0.150 e. The van der Waals surface area contributed by atoms with Crippen LogP contribution in [0.15, 0.2) is 29.0 Å². The van der Waals surface area contributed by atoms with E-state index < -0.39 is 11.6 Å². The van der Waals surface area contributed by atoms with Crippen LogP contribution < -0.4 is 5.32 Å². The summed E-state index contributed by atoms with van der Waals surface area (Å²) in [6.45, 7) is 0.417. The lowest BCUT2D eigenvalue weighted by Crippen LogP contribution is -2.10. The van der Waals surface area contributed by atoms with Gasteiger partial charge in [-0.2, -0.15) is 0 Å². The second kappa shape index (κ2) is 5.48. The molecule has 6 heteroatoms. The number of nitrogens with one attached hydrogen (secondary N) is 1. The monoisotopic (exact) mass is 315 g/mol. The molecule has 96 valence electrons. The number of aromatic nitrogens is 2. The van der Waals surface area contributed by atoms with Crippen LogP contribution in [0.4, 0.5) is 14.5 Å². The third kappa shape index (κ3) is 2.87. The molecule has 0 saturated heterocycles. The van der Waals surface area contributed by atoms with Crippen molar-refractivity contribution in [2.45, 2.75) is 6.42 Å². The Balaban J connectivity index is 2.01. The number of rotatable bonds is 4. The molecule has 1 heterocycles. The van der Waals surface area contributed by atoms with Crippen LogP contribution in [0.25, 0.3) is 0 Å². The van der Waals surface area contributed by atoms with Gasteiger partial charge in [0.05, 0.1) is 0 Å². The number of imidazole rings is 1. The Morgan fingerprint density at radius 1 is 1.33 bits per heavy atom. The van der Waals surface area contributed by atoms with Gasteiger partial charge in [-0.25, -0.2) is 13.8 Å². The number of aryl methyl sites for hydroxylation is 1. The van der Waals surface area contributed by atoms with E-state index in [0.717, 1.165) is 5.82 Å². The topological polar surface area (TPSA) is 29.9 Å². The molecule has 0 bridgehead atoms. The summed E-state index contributed by atoms with van der Waals surface area (Å²) in [4.78, 5) is 4.13. The van der Waals surface area contributed by atoms with Gasteiger partial charge in [0.15, 0.2) is 0 Å². The van der Waals surface area contributed by atoms with E-state index in [2.05, 4.69) is 26.2 Å². The Labute approximate surface area is 112 Å². The number of hydrogen-bond donors (Lipinski definition) is 1. The zero-order valence-electron chi connectivity index (χ0n) is 9.75. The Kier molecular flexibility index (Phi) is 3.96. The van der Waals surface area contributed by atoms with Crippen molar-refractivity contribution in [1.29, 1.82) is 0 Å². The van der Waals surface area contributed by atoms with Crippen LogP contribution >= 0.6 is 15.9 Å². The number of nitrogens with zero attached hydrogens (tertiary/aromatic N) is 2. The molecule has 0 unspecified atom stereocenters. The van der Waals surface area contributed by atoms with Gasteiger partial charge in [-0.15, -0.1) is 0 Å². The molecule has 0 spiro atoms. The van der Waals surface area contributed by atoms with Gasteiger partial charge in [0.1, 0.15) is 23.1 Å². The van der Waals surface area contributed by atoms with Crippen LogP contribution in [0.5, 0.6) is 0 Å². The molecule has 0 amide bonds. The summed E-state index contributed by atoms with van der Waals surface area (Å²) in [6, 6.07) is 2.46. The average Bonchev–Trinajstić information content (AvgIpc) is 2.68. The zero-order valence-corrected chi connectivity index (χ0v) is 11.3. The Morgan fingerprint density at radius 3 is 2.56 bits per heavy atom. The van der Waals surface area contributed by atoms with E-state index in [9.17, 15) is 8.78 Å². The molecule has 0 fully saturated rings. The van der Waals surface area contributed by atoms with Crippen molar-refractivity contribution in [3.05, 3.63) is 46.5 Å². The van der Waals surface area contributed by atoms with E-state index in [0.29, 0.717) is 17.4 Å². The lowest BCUT2D eigenvalue weighted by Gasteiger charge is -2.09. The van der Waals surface area contributed by atoms with Crippen LogP contribution in [0.1, 0.15) is 5.82 Å². The third-order valence-electron chi connectivity index (χ3n) is 2.58. The highest BCUT2D eigenvalue weighted by molar-refractivity contribution is 9.10. The predicted molar refractivity (Wildman–Crippen MR) is 69.5 cm³/mol. The summed E-state index contributed by atoms with van der Waals surface area (Å²) in [6.07, 6.45) is 4.12. The second-order valence-electron chi connectivity index (χ2n) is 3.88. The summed E-state index contributed by atoms with van der Waals surface area (Å²) in [7, 11) is 1.88. The number of anilines is 1. The maximum atomic E-state index is 13.5. The highest BCUT2D eigenvalue weighted by Crippen LogP contribution is 2.23. The van der Waals surface area contributed by atoms with Gasteiger partial charge in [-0.3, -0.25) is 0 Å². The van der Waals surface area contributed by atoms with Gasteiger partial charge in [-0.05, 0) is 12.1 Å². The van der Waals surface area contributed by atoms with E-state index >= 15 is 0 Å². The lowest BCUT2D eigenvalue weighted by molar-refractivity contribution is 0.586. The summed E-state index contributed by atoms with van der Waals surface area (Å²) < 4.78 is 29.3. The van der Waals surface area contributed by atoms with Crippen molar-refractivity contribution in [3.8, 4) is 0 Å². The van der Waals surface area contributed by atoms with Crippen LogP contribution in [0.3, 0.4) is 0 Å².